The van der Waals surface area contributed by atoms with Crippen LogP contribution in [0.5, 0.6) is 5.75 Å². The first-order chi connectivity index (χ1) is 11.7. The Labute approximate surface area is 141 Å². The third kappa shape index (κ3) is 2.38. The Balaban J connectivity index is 1.55. The van der Waals surface area contributed by atoms with Crippen molar-refractivity contribution in [3.63, 3.8) is 0 Å². The lowest BCUT2D eigenvalue weighted by Gasteiger charge is -2.31. The summed E-state index contributed by atoms with van der Waals surface area (Å²) in [6.07, 6.45) is 3.76. The van der Waals surface area contributed by atoms with E-state index in [1.165, 1.54) is 11.3 Å². The van der Waals surface area contributed by atoms with E-state index in [0.29, 0.717) is 0 Å². The first-order valence-electron chi connectivity index (χ1n) is 8.37. The number of aryl methyl sites for hydroxylation is 1. The van der Waals surface area contributed by atoms with Crippen molar-refractivity contribution in [2.45, 2.75) is 25.4 Å². The van der Waals surface area contributed by atoms with Crippen LogP contribution < -0.4 is 9.64 Å². The Morgan fingerprint density at radius 1 is 1.25 bits per heavy atom. The number of fused-ring (bicyclic) bond motifs is 1. The van der Waals surface area contributed by atoms with E-state index >= 15 is 0 Å². The number of carbonyl (C=O) groups is 1. The third-order valence-electron chi connectivity index (χ3n) is 5.16. The summed E-state index contributed by atoms with van der Waals surface area (Å²) in [5.74, 6) is 0.921. The maximum Gasteiger partial charge on any atom is 0.244 e. The Morgan fingerprint density at radius 2 is 2.08 bits per heavy atom. The van der Waals surface area contributed by atoms with Crippen molar-refractivity contribution in [1.82, 2.24) is 14.7 Å². The Kier molecular flexibility index (Phi) is 3.76. The lowest BCUT2D eigenvalue weighted by Crippen LogP contribution is -2.44. The first kappa shape index (κ1) is 15.2. The number of methoxy groups -OCH3 is 1. The van der Waals surface area contributed by atoms with Crippen molar-refractivity contribution in [3.8, 4) is 5.75 Å². The number of amides is 1. The molecule has 1 fully saturated rings. The van der Waals surface area contributed by atoms with E-state index in [0.717, 1.165) is 43.9 Å². The molecule has 3 heterocycles. The third-order valence-corrected chi connectivity index (χ3v) is 5.16. The van der Waals surface area contributed by atoms with Gasteiger partial charge in [0.05, 0.1) is 30.7 Å². The van der Waals surface area contributed by atoms with Crippen LogP contribution in [0.4, 0.5) is 5.69 Å². The number of hydrogen-bond acceptors (Lipinski definition) is 4. The van der Waals surface area contributed by atoms with E-state index in [1.807, 2.05) is 47.1 Å². The highest BCUT2D eigenvalue weighted by Crippen LogP contribution is 2.33. The van der Waals surface area contributed by atoms with E-state index in [4.69, 9.17) is 4.74 Å². The largest absolute Gasteiger partial charge is 0.495 e. The molecule has 0 spiro atoms. The molecule has 4 rings (SSSR count). The normalized spacial score (nSPS) is 21.2. The zero-order chi connectivity index (χ0) is 16.7. The molecule has 2 aliphatic heterocycles. The molecule has 6 nitrogen and oxygen atoms in total. The summed E-state index contributed by atoms with van der Waals surface area (Å²) >= 11 is 0. The fourth-order valence-corrected chi connectivity index (χ4v) is 3.82. The van der Waals surface area contributed by atoms with E-state index in [9.17, 15) is 4.79 Å². The fourth-order valence-electron chi connectivity index (χ4n) is 3.82. The molecule has 24 heavy (non-hydrogen) atoms. The average molecular weight is 326 g/mol. The van der Waals surface area contributed by atoms with E-state index in [-0.39, 0.29) is 11.9 Å². The molecule has 1 unspecified atom stereocenters. The maximum atomic E-state index is 13.0. The second-order valence-electron chi connectivity index (χ2n) is 6.43. The molecule has 2 aromatic rings. The molecule has 0 N–H and O–H groups in total. The van der Waals surface area contributed by atoms with Gasteiger partial charge >= 0.3 is 0 Å². The van der Waals surface area contributed by atoms with Crippen molar-refractivity contribution in [2.24, 2.45) is 7.05 Å². The molecule has 0 aliphatic carbocycles. The Bertz CT molecular complexity index is 770. The van der Waals surface area contributed by atoms with E-state index < -0.39 is 0 Å². The van der Waals surface area contributed by atoms with Crippen molar-refractivity contribution < 1.29 is 9.53 Å². The lowest BCUT2D eigenvalue weighted by atomic mass is 10.0. The van der Waals surface area contributed by atoms with Crippen molar-refractivity contribution in [1.29, 1.82) is 0 Å². The minimum atomic E-state index is -0.0574. The monoisotopic (exact) mass is 326 g/mol. The number of nitrogens with zero attached hydrogens (tertiary/aromatic N) is 4. The summed E-state index contributed by atoms with van der Waals surface area (Å²) in [5, 5.41) is 4.34. The highest BCUT2D eigenvalue weighted by Gasteiger charge is 2.39. The van der Waals surface area contributed by atoms with Gasteiger partial charge in [0.1, 0.15) is 5.75 Å². The molecular formula is C18H22N4O2. The van der Waals surface area contributed by atoms with Crippen LogP contribution in [-0.2, 0) is 24.8 Å². The minimum absolute atomic E-state index is 0.0574. The Hall–Kier alpha value is -2.34. The summed E-state index contributed by atoms with van der Waals surface area (Å²) < 4.78 is 7.35. The van der Waals surface area contributed by atoms with Gasteiger partial charge in [-0.25, -0.2) is 0 Å². The van der Waals surface area contributed by atoms with Gasteiger partial charge in [-0.2, -0.15) is 5.10 Å². The van der Waals surface area contributed by atoms with Crippen molar-refractivity contribution >= 4 is 11.6 Å². The predicted octanol–water partition coefficient (Wildman–Crippen LogP) is 1.59. The zero-order valence-electron chi connectivity index (χ0n) is 14.1. The standard InChI is InChI=1S/C18H22N4O2/c1-20-16-12-21(9-7-13(16)11-19-20)15-8-10-22(18(15)23)14-5-3-4-6-17(14)24-2/h3-6,11,15H,7-10,12H2,1-2H3. The van der Waals surface area contributed by atoms with Crippen molar-refractivity contribution in [3.05, 3.63) is 41.7 Å². The summed E-state index contributed by atoms with van der Waals surface area (Å²) in [6.45, 7) is 2.44. The SMILES string of the molecule is COc1ccccc1N1CCC(N2CCc3cnn(C)c3C2)C1=O. The van der Waals surface area contributed by atoms with Gasteiger partial charge < -0.3 is 9.64 Å². The topological polar surface area (TPSA) is 50.6 Å². The van der Waals surface area contributed by atoms with Gasteiger partial charge in [0.25, 0.3) is 0 Å². The molecular weight excluding hydrogens is 304 g/mol. The minimum Gasteiger partial charge on any atom is -0.495 e. The fraction of sp³-hybridized carbons (Fsp3) is 0.444. The van der Waals surface area contributed by atoms with Gasteiger partial charge in [-0.3, -0.25) is 14.4 Å². The van der Waals surface area contributed by atoms with Gasteiger partial charge in [-0.1, -0.05) is 12.1 Å². The van der Waals surface area contributed by atoms with Gasteiger partial charge in [-0.15, -0.1) is 0 Å². The first-order valence-corrected chi connectivity index (χ1v) is 8.37. The number of rotatable bonds is 3. The highest BCUT2D eigenvalue weighted by molar-refractivity contribution is 6.00. The molecule has 0 bridgehead atoms. The predicted molar refractivity (Wildman–Crippen MR) is 91.1 cm³/mol. The number of carbonyl (C=O) groups excluding carboxylic acids is 1. The summed E-state index contributed by atoms with van der Waals surface area (Å²) in [7, 11) is 3.62. The zero-order valence-corrected chi connectivity index (χ0v) is 14.1. The van der Waals surface area contributed by atoms with Crippen molar-refractivity contribution in [2.75, 3.05) is 25.1 Å². The van der Waals surface area contributed by atoms with Gasteiger partial charge in [0.2, 0.25) is 5.91 Å². The van der Waals surface area contributed by atoms with Gasteiger partial charge in [-0.05, 0) is 30.5 Å². The van der Waals surface area contributed by atoms with Crippen LogP contribution in [0.3, 0.4) is 0 Å². The number of ether oxygens (including phenoxy) is 1. The number of hydrogen-bond donors (Lipinski definition) is 0. The lowest BCUT2D eigenvalue weighted by molar-refractivity contribution is -0.122. The number of para-hydroxylation sites is 2. The number of anilines is 1. The second-order valence-corrected chi connectivity index (χ2v) is 6.43. The average Bonchev–Trinajstić information content (AvgIpc) is 3.18. The van der Waals surface area contributed by atoms with Crippen LogP contribution >= 0.6 is 0 Å². The molecule has 1 aromatic carbocycles. The quantitative estimate of drug-likeness (QED) is 0.859. The van der Waals surface area contributed by atoms with Gasteiger partial charge in [0.15, 0.2) is 0 Å². The second kappa shape index (κ2) is 5.94. The van der Waals surface area contributed by atoms with Gasteiger partial charge in [0, 0.05) is 26.7 Å². The Morgan fingerprint density at radius 3 is 2.92 bits per heavy atom. The molecule has 1 amide bonds. The van der Waals surface area contributed by atoms with Crippen LogP contribution in [-0.4, -0.2) is 46.8 Å². The van der Waals surface area contributed by atoms with E-state index in [2.05, 4.69) is 10.00 Å². The van der Waals surface area contributed by atoms with E-state index in [1.54, 1.807) is 7.11 Å². The number of aromatic nitrogens is 2. The molecule has 6 heteroatoms. The molecule has 126 valence electrons. The molecule has 1 atom stereocenters. The van der Waals surface area contributed by atoms with Crippen LogP contribution in [0.15, 0.2) is 30.5 Å². The summed E-state index contributed by atoms with van der Waals surface area (Å²) in [5.41, 5.74) is 3.40. The smallest absolute Gasteiger partial charge is 0.244 e. The molecule has 0 saturated carbocycles. The summed E-state index contributed by atoms with van der Waals surface area (Å²) in [4.78, 5) is 17.2. The van der Waals surface area contributed by atoms with Crippen LogP contribution in [0.1, 0.15) is 17.7 Å². The molecule has 0 radical (unpaired) electrons. The van der Waals surface area contributed by atoms with Crippen LogP contribution in [0.25, 0.3) is 0 Å². The maximum absolute atomic E-state index is 13.0. The summed E-state index contributed by atoms with van der Waals surface area (Å²) in [6, 6.07) is 7.67. The molecule has 2 aliphatic rings. The van der Waals surface area contributed by atoms with Crippen LogP contribution in [0, 0.1) is 0 Å². The van der Waals surface area contributed by atoms with Crippen LogP contribution in [0.2, 0.25) is 0 Å². The molecule has 1 aromatic heterocycles. The number of benzene rings is 1. The molecule has 1 saturated heterocycles. The highest BCUT2D eigenvalue weighted by atomic mass is 16.5.